The highest BCUT2D eigenvalue weighted by Crippen LogP contribution is 2.12. The van der Waals surface area contributed by atoms with E-state index in [4.69, 9.17) is 0 Å². The van der Waals surface area contributed by atoms with Gasteiger partial charge in [0.2, 0.25) is 0 Å². The van der Waals surface area contributed by atoms with Crippen LogP contribution >= 0.6 is 0 Å². The van der Waals surface area contributed by atoms with Crippen LogP contribution in [-0.2, 0) is 4.74 Å². The number of benzene rings is 1. The Bertz CT molecular complexity index is 383. The lowest BCUT2D eigenvalue weighted by Gasteiger charge is -2.24. The third kappa shape index (κ3) is 3.47. The lowest BCUT2D eigenvalue weighted by atomic mass is 10.1. The second kappa shape index (κ2) is 6.40. The molecule has 0 radical (unpaired) electrons. The van der Waals surface area contributed by atoms with Crippen molar-refractivity contribution in [3.63, 3.8) is 0 Å². The van der Waals surface area contributed by atoms with E-state index in [1.807, 2.05) is 12.1 Å². The maximum Gasteiger partial charge on any atom is 0.337 e. The molecule has 0 saturated carbocycles. The molecule has 4 heteroatoms. The molecule has 1 atom stereocenters. The quantitative estimate of drug-likeness (QED) is 0.800. The molecule has 98 valence electrons. The first-order valence-electron chi connectivity index (χ1n) is 6.45. The smallest absolute Gasteiger partial charge is 0.337 e. The molecule has 18 heavy (non-hydrogen) atoms. The van der Waals surface area contributed by atoms with Crippen molar-refractivity contribution in [1.82, 2.24) is 5.32 Å². The van der Waals surface area contributed by atoms with Crippen LogP contribution in [0.3, 0.4) is 0 Å². The summed E-state index contributed by atoms with van der Waals surface area (Å²) in [7, 11) is 1.39. The van der Waals surface area contributed by atoms with Gasteiger partial charge in [0.1, 0.15) is 0 Å². The highest BCUT2D eigenvalue weighted by molar-refractivity contribution is 5.89. The molecule has 1 heterocycles. The number of hydrogen-bond donors (Lipinski definition) is 2. The normalized spacial score (nSPS) is 19.3. The molecule has 1 aliphatic rings. The Balaban J connectivity index is 1.84. The van der Waals surface area contributed by atoms with E-state index in [1.165, 1.54) is 26.4 Å². The molecule has 0 aliphatic carbocycles. The van der Waals surface area contributed by atoms with Crippen LogP contribution in [-0.4, -0.2) is 32.2 Å². The summed E-state index contributed by atoms with van der Waals surface area (Å²) >= 11 is 0. The van der Waals surface area contributed by atoms with Gasteiger partial charge in [-0.25, -0.2) is 4.79 Å². The van der Waals surface area contributed by atoms with Gasteiger partial charge in [0, 0.05) is 18.3 Å². The lowest BCUT2D eigenvalue weighted by Crippen LogP contribution is -2.39. The average Bonchev–Trinajstić information content (AvgIpc) is 2.46. The highest BCUT2D eigenvalue weighted by atomic mass is 16.5. The molecule has 1 aromatic rings. The van der Waals surface area contributed by atoms with Crippen molar-refractivity contribution in [3.8, 4) is 0 Å². The van der Waals surface area contributed by atoms with Crippen LogP contribution in [0.4, 0.5) is 5.69 Å². The van der Waals surface area contributed by atoms with Crippen LogP contribution in [0.2, 0.25) is 0 Å². The Morgan fingerprint density at radius 1 is 1.39 bits per heavy atom. The van der Waals surface area contributed by atoms with Gasteiger partial charge in [-0.2, -0.15) is 0 Å². The van der Waals surface area contributed by atoms with Gasteiger partial charge in [-0.3, -0.25) is 0 Å². The Hall–Kier alpha value is -1.55. The van der Waals surface area contributed by atoms with Gasteiger partial charge in [-0.15, -0.1) is 0 Å². The van der Waals surface area contributed by atoms with E-state index in [9.17, 15) is 4.79 Å². The first kappa shape index (κ1) is 12.9. The molecule has 1 saturated heterocycles. The number of carbonyl (C=O) groups excluding carboxylic acids is 1. The van der Waals surface area contributed by atoms with Gasteiger partial charge in [0.15, 0.2) is 0 Å². The number of anilines is 1. The fourth-order valence-corrected chi connectivity index (χ4v) is 2.18. The number of piperidine rings is 1. The number of rotatable bonds is 4. The Morgan fingerprint density at radius 3 is 2.78 bits per heavy atom. The molecule has 1 aliphatic heterocycles. The number of nitrogens with one attached hydrogen (secondary N) is 2. The van der Waals surface area contributed by atoms with Crippen LogP contribution in [0.5, 0.6) is 0 Å². The van der Waals surface area contributed by atoms with E-state index in [1.54, 1.807) is 12.1 Å². The molecule has 2 N–H and O–H groups in total. The fourth-order valence-electron chi connectivity index (χ4n) is 2.18. The third-order valence-corrected chi connectivity index (χ3v) is 3.27. The summed E-state index contributed by atoms with van der Waals surface area (Å²) in [5.41, 5.74) is 1.62. The van der Waals surface area contributed by atoms with Crippen molar-refractivity contribution in [2.45, 2.75) is 25.3 Å². The van der Waals surface area contributed by atoms with Crippen molar-refractivity contribution in [2.24, 2.45) is 0 Å². The summed E-state index contributed by atoms with van der Waals surface area (Å²) in [4.78, 5) is 11.3. The summed E-state index contributed by atoms with van der Waals surface area (Å²) in [5.74, 6) is -0.296. The minimum Gasteiger partial charge on any atom is -0.465 e. The van der Waals surface area contributed by atoms with Crippen LogP contribution in [0.15, 0.2) is 24.3 Å². The molecule has 2 rings (SSSR count). The number of methoxy groups -OCH3 is 1. The van der Waals surface area contributed by atoms with E-state index in [0.717, 1.165) is 18.8 Å². The van der Waals surface area contributed by atoms with Crippen molar-refractivity contribution in [1.29, 1.82) is 0 Å². The number of ether oxygens (including phenoxy) is 1. The number of hydrogen-bond acceptors (Lipinski definition) is 4. The summed E-state index contributed by atoms with van der Waals surface area (Å²) in [6.45, 7) is 2.05. The molecule has 4 nitrogen and oxygen atoms in total. The molecule has 1 aromatic carbocycles. The van der Waals surface area contributed by atoms with Gasteiger partial charge in [-0.05, 0) is 43.7 Å². The van der Waals surface area contributed by atoms with Crippen molar-refractivity contribution in [3.05, 3.63) is 29.8 Å². The molecule has 1 fully saturated rings. The van der Waals surface area contributed by atoms with Gasteiger partial charge in [0.25, 0.3) is 0 Å². The molecule has 1 unspecified atom stereocenters. The molecule has 0 spiro atoms. The van der Waals surface area contributed by atoms with Crippen LogP contribution in [0.25, 0.3) is 0 Å². The van der Waals surface area contributed by atoms with Gasteiger partial charge < -0.3 is 15.4 Å². The second-order valence-corrected chi connectivity index (χ2v) is 4.60. The summed E-state index contributed by atoms with van der Waals surface area (Å²) in [6.07, 6.45) is 3.82. The molecular weight excluding hydrogens is 228 g/mol. The maximum atomic E-state index is 11.3. The van der Waals surface area contributed by atoms with E-state index >= 15 is 0 Å². The monoisotopic (exact) mass is 248 g/mol. The SMILES string of the molecule is COC(=O)c1ccc(NCC2CCCCN2)cc1. The van der Waals surface area contributed by atoms with Crippen molar-refractivity contribution < 1.29 is 9.53 Å². The predicted octanol–water partition coefficient (Wildman–Crippen LogP) is 2.03. The predicted molar refractivity (Wildman–Crippen MR) is 71.9 cm³/mol. The first-order valence-corrected chi connectivity index (χ1v) is 6.45. The zero-order valence-electron chi connectivity index (χ0n) is 10.7. The molecule has 0 aromatic heterocycles. The highest BCUT2D eigenvalue weighted by Gasteiger charge is 2.11. The average molecular weight is 248 g/mol. The summed E-state index contributed by atoms with van der Waals surface area (Å²) < 4.78 is 4.66. The van der Waals surface area contributed by atoms with Crippen LogP contribution in [0.1, 0.15) is 29.6 Å². The molecular formula is C14H20N2O2. The Labute approximate surface area is 108 Å². The third-order valence-electron chi connectivity index (χ3n) is 3.27. The van der Waals surface area contributed by atoms with Crippen LogP contribution in [0, 0.1) is 0 Å². The zero-order chi connectivity index (χ0) is 12.8. The van der Waals surface area contributed by atoms with Crippen molar-refractivity contribution >= 4 is 11.7 Å². The van der Waals surface area contributed by atoms with Gasteiger partial charge in [0.05, 0.1) is 12.7 Å². The number of esters is 1. The Morgan fingerprint density at radius 2 is 2.17 bits per heavy atom. The summed E-state index contributed by atoms with van der Waals surface area (Å²) in [5, 5.41) is 6.88. The second-order valence-electron chi connectivity index (χ2n) is 4.60. The van der Waals surface area contributed by atoms with Crippen LogP contribution < -0.4 is 10.6 Å². The molecule has 0 bridgehead atoms. The van der Waals surface area contributed by atoms with E-state index in [0.29, 0.717) is 11.6 Å². The largest absolute Gasteiger partial charge is 0.465 e. The minimum absolute atomic E-state index is 0.296. The molecule has 0 amide bonds. The van der Waals surface area contributed by atoms with E-state index in [-0.39, 0.29) is 5.97 Å². The minimum atomic E-state index is -0.296. The number of carbonyl (C=O) groups is 1. The maximum absolute atomic E-state index is 11.3. The standard InChI is InChI=1S/C14H20N2O2/c1-18-14(17)11-5-7-12(8-6-11)16-10-13-4-2-3-9-15-13/h5-8,13,15-16H,2-4,9-10H2,1H3. The topological polar surface area (TPSA) is 50.4 Å². The zero-order valence-corrected chi connectivity index (χ0v) is 10.7. The van der Waals surface area contributed by atoms with E-state index in [2.05, 4.69) is 15.4 Å². The lowest BCUT2D eigenvalue weighted by molar-refractivity contribution is 0.0601. The first-order chi connectivity index (χ1) is 8.79. The Kier molecular flexibility index (Phi) is 4.59. The van der Waals surface area contributed by atoms with E-state index < -0.39 is 0 Å². The van der Waals surface area contributed by atoms with Gasteiger partial charge >= 0.3 is 5.97 Å². The fraction of sp³-hybridized carbons (Fsp3) is 0.500. The van der Waals surface area contributed by atoms with Crippen molar-refractivity contribution in [2.75, 3.05) is 25.5 Å². The summed E-state index contributed by atoms with van der Waals surface area (Å²) in [6, 6.07) is 7.94. The van der Waals surface area contributed by atoms with Gasteiger partial charge in [-0.1, -0.05) is 6.42 Å².